The van der Waals surface area contributed by atoms with Gasteiger partial charge in [0.2, 0.25) is 0 Å². The Bertz CT molecular complexity index is 426. The van der Waals surface area contributed by atoms with Gasteiger partial charge in [0.05, 0.1) is 11.7 Å². The van der Waals surface area contributed by atoms with Gasteiger partial charge in [-0.15, -0.1) is 0 Å². The van der Waals surface area contributed by atoms with Crippen molar-refractivity contribution in [1.29, 1.82) is 0 Å². The van der Waals surface area contributed by atoms with Crippen LogP contribution in [-0.2, 0) is 0 Å². The van der Waals surface area contributed by atoms with Crippen molar-refractivity contribution >= 4 is 42.8 Å². The highest BCUT2D eigenvalue weighted by atomic mass is 79.9. The Balaban J connectivity index is 2.89. The average molecular weight is 286 g/mol. The van der Waals surface area contributed by atoms with Gasteiger partial charge >= 0.3 is 0 Å². The van der Waals surface area contributed by atoms with Gasteiger partial charge in [-0.25, -0.2) is 4.98 Å². The Morgan fingerprint density at radius 2 is 2.08 bits per heavy atom. The number of benzene rings is 1. The smallest absolute Gasteiger partial charge is 0.0894 e. The summed E-state index contributed by atoms with van der Waals surface area (Å²) in [6.45, 7) is 0. The monoisotopic (exact) mass is 284 g/mol. The molecule has 0 saturated carbocycles. The summed E-state index contributed by atoms with van der Waals surface area (Å²) in [6, 6.07) is 7.79. The molecule has 0 atom stereocenters. The predicted molar refractivity (Wildman–Crippen MR) is 56.0 cm³/mol. The SMILES string of the molecule is Brc1cc(Br)c2n[c]ccc2c1. The number of hydrogen-bond acceptors (Lipinski definition) is 1. The van der Waals surface area contributed by atoms with Gasteiger partial charge in [0.25, 0.3) is 0 Å². The largest absolute Gasteiger partial charge is 0.245 e. The van der Waals surface area contributed by atoms with Crippen LogP contribution in [0.25, 0.3) is 10.9 Å². The quantitative estimate of drug-likeness (QED) is 0.721. The summed E-state index contributed by atoms with van der Waals surface area (Å²) in [4.78, 5) is 4.13. The molecule has 0 amide bonds. The van der Waals surface area contributed by atoms with Gasteiger partial charge in [-0.2, -0.15) is 0 Å². The van der Waals surface area contributed by atoms with Gasteiger partial charge in [0.1, 0.15) is 0 Å². The minimum absolute atomic E-state index is 0.945. The van der Waals surface area contributed by atoms with Crippen LogP contribution in [0.4, 0.5) is 0 Å². The molecular weight excluding hydrogens is 282 g/mol. The Morgan fingerprint density at radius 1 is 1.25 bits per heavy atom. The van der Waals surface area contributed by atoms with E-state index in [9.17, 15) is 0 Å². The molecule has 0 N–H and O–H groups in total. The molecule has 0 unspecified atom stereocenters. The molecule has 3 heteroatoms. The molecule has 1 heterocycles. The van der Waals surface area contributed by atoms with Crippen molar-refractivity contribution in [3.63, 3.8) is 0 Å². The first kappa shape index (κ1) is 8.20. The van der Waals surface area contributed by atoms with E-state index in [1.54, 1.807) is 6.07 Å². The number of pyridine rings is 1. The number of rotatable bonds is 0. The van der Waals surface area contributed by atoms with E-state index in [-0.39, 0.29) is 0 Å². The van der Waals surface area contributed by atoms with Crippen LogP contribution in [-0.4, -0.2) is 4.98 Å². The molecule has 12 heavy (non-hydrogen) atoms. The van der Waals surface area contributed by atoms with Gasteiger partial charge < -0.3 is 0 Å². The summed E-state index contributed by atoms with van der Waals surface area (Å²) in [5.74, 6) is 0. The third-order valence-electron chi connectivity index (χ3n) is 1.57. The highest BCUT2D eigenvalue weighted by Crippen LogP contribution is 2.26. The first-order chi connectivity index (χ1) is 5.77. The third-order valence-corrected chi connectivity index (χ3v) is 2.63. The van der Waals surface area contributed by atoms with Crippen LogP contribution >= 0.6 is 31.9 Å². The number of hydrogen-bond donors (Lipinski definition) is 0. The maximum Gasteiger partial charge on any atom is 0.0894 e. The fraction of sp³-hybridized carbons (Fsp3) is 0. The summed E-state index contributed by atoms with van der Waals surface area (Å²) in [5, 5.41) is 1.11. The molecule has 1 radical (unpaired) electrons. The van der Waals surface area contributed by atoms with Crippen molar-refractivity contribution in [2.75, 3.05) is 0 Å². The minimum Gasteiger partial charge on any atom is -0.245 e. The summed E-state index contributed by atoms with van der Waals surface area (Å²) >= 11 is 6.85. The van der Waals surface area contributed by atoms with Gasteiger partial charge in [0, 0.05) is 14.3 Å². The van der Waals surface area contributed by atoms with Crippen LogP contribution in [0.3, 0.4) is 0 Å². The van der Waals surface area contributed by atoms with Gasteiger partial charge in [-0.05, 0) is 34.1 Å². The third kappa shape index (κ3) is 1.39. The molecule has 0 aliphatic heterocycles. The maximum atomic E-state index is 4.13. The highest BCUT2D eigenvalue weighted by molar-refractivity contribution is 9.11. The Labute approximate surface area is 87.1 Å². The lowest BCUT2D eigenvalue weighted by Crippen LogP contribution is -1.79. The van der Waals surface area contributed by atoms with Crippen molar-refractivity contribution in [2.45, 2.75) is 0 Å². The Hall–Kier alpha value is -0.410. The molecule has 0 bridgehead atoms. The molecule has 1 nitrogen and oxygen atoms in total. The van der Waals surface area contributed by atoms with Crippen molar-refractivity contribution in [2.24, 2.45) is 0 Å². The second-order valence-corrected chi connectivity index (χ2v) is 4.17. The lowest BCUT2D eigenvalue weighted by molar-refractivity contribution is 1.38. The summed E-state index contributed by atoms with van der Waals surface area (Å²) in [7, 11) is 0. The zero-order valence-electron chi connectivity index (χ0n) is 6.01. The van der Waals surface area contributed by atoms with Crippen molar-refractivity contribution in [3.8, 4) is 0 Å². The topological polar surface area (TPSA) is 12.9 Å². The molecule has 1 aromatic carbocycles. The standard InChI is InChI=1S/C9H4Br2N/c10-7-4-6-2-1-3-12-9(6)8(11)5-7/h1-2,4-5H. The average Bonchev–Trinajstić information content (AvgIpc) is 2.04. The van der Waals surface area contributed by atoms with Crippen LogP contribution < -0.4 is 0 Å². The molecule has 59 valence electrons. The lowest BCUT2D eigenvalue weighted by Gasteiger charge is -1.99. The van der Waals surface area contributed by atoms with Crippen LogP contribution in [0, 0.1) is 6.20 Å². The van der Waals surface area contributed by atoms with E-state index in [2.05, 4.69) is 43.0 Å². The summed E-state index contributed by atoms with van der Waals surface area (Å²) in [6.07, 6.45) is 2.80. The molecule has 2 aromatic rings. The second kappa shape index (κ2) is 3.15. The zero-order chi connectivity index (χ0) is 8.55. The lowest BCUT2D eigenvalue weighted by atomic mass is 10.2. The number of aromatic nitrogens is 1. The van der Waals surface area contributed by atoms with E-state index in [0.717, 1.165) is 19.8 Å². The van der Waals surface area contributed by atoms with E-state index in [1.165, 1.54) is 0 Å². The molecule has 0 saturated heterocycles. The second-order valence-electron chi connectivity index (χ2n) is 2.40. The Morgan fingerprint density at radius 3 is 2.92 bits per heavy atom. The van der Waals surface area contributed by atoms with E-state index >= 15 is 0 Å². The fourth-order valence-electron chi connectivity index (χ4n) is 1.06. The number of nitrogens with zero attached hydrogens (tertiary/aromatic N) is 1. The maximum absolute atomic E-state index is 4.13. The fourth-order valence-corrected chi connectivity index (χ4v) is 2.41. The van der Waals surface area contributed by atoms with Crippen LogP contribution in [0.1, 0.15) is 0 Å². The minimum atomic E-state index is 0.945. The zero-order valence-corrected chi connectivity index (χ0v) is 9.18. The molecule has 1 aromatic heterocycles. The number of fused-ring (bicyclic) bond motifs is 1. The van der Waals surface area contributed by atoms with Crippen molar-refractivity contribution < 1.29 is 0 Å². The van der Waals surface area contributed by atoms with Crippen molar-refractivity contribution in [1.82, 2.24) is 4.98 Å². The van der Waals surface area contributed by atoms with E-state index < -0.39 is 0 Å². The normalized spacial score (nSPS) is 10.5. The van der Waals surface area contributed by atoms with Gasteiger partial charge in [-0.3, -0.25) is 0 Å². The highest BCUT2D eigenvalue weighted by Gasteiger charge is 1.99. The molecule has 0 fully saturated rings. The first-order valence-electron chi connectivity index (χ1n) is 3.39. The van der Waals surface area contributed by atoms with Crippen molar-refractivity contribution in [3.05, 3.63) is 39.4 Å². The molecular formula is C9H4Br2N. The summed E-state index contributed by atoms with van der Waals surface area (Å²) in [5.41, 5.74) is 0.945. The van der Waals surface area contributed by atoms with Crippen LogP contribution in [0.2, 0.25) is 0 Å². The first-order valence-corrected chi connectivity index (χ1v) is 4.98. The van der Waals surface area contributed by atoms with Crippen LogP contribution in [0.5, 0.6) is 0 Å². The van der Waals surface area contributed by atoms with Crippen LogP contribution in [0.15, 0.2) is 33.2 Å². The predicted octanol–water partition coefficient (Wildman–Crippen LogP) is 3.56. The molecule has 0 spiro atoms. The molecule has 0 aliphatic carbocycles. The summed E-state index contributed by atoms with van der Waals surface area (Å²) < 4.78 is 2.04. The molecule has 2 rings (SSSR count). The number of halogens is 2. The van der Waals surface area contributed by atoms with E-state index in [4.69, 9.17) is 0 Å². The Kier molecular flexibility index (Phi) is 2.15. The van der Waals surface area contributed by atoms with Gasteiger partial charge in [0.15, 0.2) is 0 Å². The molecule has 0 aliphatic rings. The van der Waals surface area contributed by atoms with E-state index in [1.807, 2.05) is 18.2 Å². The van der Waals surface area contributed by atoms with E-state index in [0.29, 0.717) is 0 Å². The van der Waals surface area contributed by atoms with Gasteiger partial charge in [-0.1, -0.05) is 22.0 Å².